The predicted octanol–water partition coefficient (Wildman–Crippen LogP) is 3.66. The highest BCUT2D eigenvalue weighted by Gasteiger charge is 2.39. The van der Waals surface area contributed by atoms with E-state index in [2.05, 4.69) is 15.1 Å². The number of hydrogen-bond acceptors (Lipinski definition) is 11. The molecule has 0 saturated carbocycles. The summed E-state index contributed by atoms with van der Waals surface area (Å²) < 4.78 is 32.7. The Morgan fingerprint density at radius 2 is 1.90 bits per heavy atom. The Hall–Kier alpha value is -3.74. The van der Waals surface area contributed by atoms with Crippen LogP contribution in [0.1, 0.15) is 24.3 Å². The molecule has 0 spiro atoms. The van der Waals surface area contributed by atoms with E-state index in [0.29, 0.717) is 5.39 Å². The first kappa shape index (κ1) is 29.7. The second-order valence-corrected chi connectivity index (χ2v) is 12.8. The Morgan fingerprint density at radius 3 is 2.69 bits per heavy atom. The lowest BCUT2D eigenvalue weighted by Crippen LogP contribution is -2.36. The third kappa shape index (κ3) is 7.18. The minimum absolute atomic E-state index is 0.0432. The van der Waals surface area contributed by atoms with Crippen LogP contribution < -0.4 is 21.0 Å². The number of nitrogens with two attached hydrogens (primary N) is 1. The lowest BCUT2D eigenvalue weighted by atomic mass is 10.1. The molecule has 3 aromatic carbocycles. The van der Waals surface area contributed by atoms with Crippen molar-refractivity contribution in [3.63, 3.8) is 0 Å². The summed E-state index contributed by atoms with van der Waals surface area (Å²) in [5, 5.41) is 13.9. The number of nitrogens with one attached hydrogen (secondary N) is 1. The van der Waals surface area contributed by atoms with E-state index in [1.54, 1.807) is 12.1 Å². The van der Waals surface area contributed by atoms with Crippen LogP contribution >= 0.6 is 19.5 Å². The molecule has 0 radical (unpaired) electrons. The maximum absolute atomic E-state index is 14.2. The van der Waals surface area contributed by atoms with Gasteiger partial charge in [-0.1, -0.05) is 66.7 Å². The Morgan fingerprint density at radius 1 is 1.17 bits per heavy atom. The van der Waals surface area contributed by atoms with Crippen LogP contribution in [0.25, 0.3) is 10.8 Å². The number of rotatable bonds is 11. The number of nitrogen functional groups attached to an aromatic ring is 1. The maximum Gasteiger partial charge on any atom is 0.459 e. The molecular formula is C28H30N5O7PS. The summed E-state index contributed by atoms with van der Waals surface area (Å²) in [6, 6.07) is 20.8. The van der Waals surface area contributed by atoms with Gasteiger partial charge in [0.1, 0.15) is 24.7 Å². The number of carbonyl (C=O) groups excluding carboxylic acids is 1. The number of anilines is 1. The third-order valence-electron chi connectivity index (χ3n) is 6.57. The van der Waals surface area contributed by atoms with Gasteiger partial charge in [-0.2, -0.15) is 10.1 Å². The topological polar surface area (TPSA) is 168 Å². The molecule has 4 N–H and O–H groups in total. The molecule has 1 aliphatic heterocycles. The summed E-state index contributed by atoms with van der Waals surface area (Å²) in [5.41, 5.74) is 5.70. The lowest BCUT2D eigenvalue weighted by molar-refractivity contribution is -0.146. The van der Waals surface area contributed by atoms with Crippen molar-refractivity contribution >= 4 is 42.2 Å². The van der Waals surface area contributed by atoms with Crippen molar-refractivity contribution < 1.29 is 28.3 Å². The first-order valence-corrected chi connectivity index (χ1v) is 15.6. The molecule has 1 fully saturated rings. The van der Waals surface area contributed by atoms with Crippen molar-refractivity contribution in [1.82, 2.24) is 19.6 Å². The normalized spacial score (nSPS) is 20.6. The van der Waals surface area contributed by atoms with E-state index in [0.717, 1.165) is 10.9 Å². The smallest absolute Gasteiger partial charge is 0.459 e. The van der Waals surface area contributed by atoms with Gasteiger partial charge in [-0.15, -0.1) is 11.8 Å². The van der Waals surface area contributed by atoms with Crippen LogP contribution in [0, 0.1) is 0 Å². The number of benzene rings is 3. The van der Waals surface area contributed by atoms with E-state index in [9.17, 15) is 19.3 Å². The standard InChI is InChI=1S/C28H30N5O7PS/c1-18(26(35)38-15-19-8-3-2-4-9-19)32-41(37,40-23-13-7-11-20-10-5-6-12-21(20)23)39-16-24-22(34)14-25(42-24)33-17-30-27(29)31-28(33)36/h2-13,17-18,22,24-25,34H,14-16H2,1H3,(H,32,37)(H2,29,31,36)/t18-,22+,24+,25+,41?/m0/s1. The van der Waals surface area contributed by atoms with Gasteiger partial charge in [0, 0.05) is 11.8 Å². The fourth-order valence-electron chi connectivity index (χ4n) is 4.40. The number of aliphatic hydroxyl groups is 1. The van der Waals surface area contributed by atoms with Crippen LogP contribution in [0.3, 0.4) is 0 Å². The van der Waals surface area contributed by atoms with Crippen LogP contribution in [0.15, 0.2) is 83.9 Å². The van der Waals surface area contributed by atoms with Crippen molar-refractivity contribution in [3.05, 3.63) is 95.2 Å². The molecule has 1 aliphatic rings. The Labute approximate surface area is 245 Å². The second kappa shape index (κ2) is 13.1. The van der Waals surface area contributed by atoms with Gasteiger partial charge in [0.2, 0.25) is 5.95 Å². The predicted molar refractivity (Wildman–Crippen MR) is 159 cm³/mol. The number of thioether (sulfide) groups is 1. The number of fused-ring (bicyclic) bond motifs is 1. The molecule has 42 heavy (non-hydrogen) atoms. The van der Waals surface area contributed by atoms with Crippen LogP contribution in [0.2, 0.25) is 0 Å². The maximum atomic E-state index is 14.2. The average molecular weight is 612 g/mol. The van der Waals surface area contributed by atoms with Crippen molar-refractivity contribution in [2.75, 3.05) is 12.3 Å². The molecule has 0 bridgehead atoms. The summed E-state index contributed by atoms with van der Waals surface area (Å²) in [5.74, 6) is -0.507. The van der Waals surface area contributed by atoms with Crippen LogP contribution in [0.4, 0.5) is 5.95 Å². The van der Waals surface area contributed by atoms with Crippen LogP contribution in [-0.2, 0) is 25.2 Å². The summed E-state index contributed by atoms with van der Waals surface area (Å²) in [4.78, 5) is 32.6. The number of nitrogens with zero attached hydrogens (tertiary/aromatic N) is 3. The summed E-state index contributed by atoms with van der Waals surface area (Å²) >= 11 is 1.24. The van der Waals surface area contributed by atoms with Crippen molar-refractivity contribution in [3.8, 4) is 5.75 Å². The highest BCUT2D eigenvalue weighted by Crippen LogP contribution is 2.49. The number of hydrogen-bond donors (Lipinski definition) is 3. The van der Waals surface area contributed by atoms with E-state index >= 15 is 0 Å². The SMILES string of the molecule is C[C@H](NP(=O)(OC[C@H]1S[C@@H](n2cnc(N)nc2=O)C[C@H]1O)Oc1cccc2ccccc12)C(=O)OCc1ccccc1. The number of aromatic nitrogens is 3. The van der Waals surface area contributed by atoms with Crippen molar-refractivity contribution in [1.29, 1.82) is 0 Å². The molecule has 5 rings (SSSR count). The molecule has 1 aromatic heterocycles. The van der Waals surface area contributed by atoms with E-state index in [4.69, 9.17) is 19.5 Å². The zero-order chi connectivity index (χ0) is 29.7. The third-order valence-corrected chi connectivity index (χ3v) is 9.73. The highest BCUT2D eigenvalue weighted by molar-refractivity contribution is 8.00. The van der Waals surface area contributed by atoms with E-state index < -0.39 is 42.2 Å². The van der Waals surface area contributed by atoms with Gasteiger partial charge in [-0.3, -0.25) is 13.9 Å². The van der Waals surface area contributed by atoms with Gasteiger partial charge in [0.15, 0.2) is 0 Å². The second-order valence-electron chi connectivity index (χ2n) is 9.64. The number of esters is 1. The highest BCUT2D eigenvalue weighted by atomic mass is 32.2. The summed E-state index contributed by atoms with van der Waals surface area (Å²) in [7, 11) is -4.22. The van der Waals surface area contributed by atoms with Gasteiger partial charge < -0.3 is 20.1 Å². The molecule has 0 amide bonds. The zero-order valence-electron chi connectivity index (χ0n) is 22.6. The van der Waals surface area contributed by atoms with Crippen LogP contribution in [0.5, 0.6) is 5.75 Å². The van der Waals surface area contributed by atoms with Gasteiger partial charge in [0.25, 0.3) is 0 Å². The molecule has 4 aromatic rings. The van der Waals surface area contributed by atoms with Crippen molar-refractivity contribution in [2.45, 2.75) is 42.7 Å². The summed E-state index contributed by atoms with van der Waals surface area (Å²) in [6.07, 6.45) is 0.580. The Balaban J connectivity index is 1.32. The lowest BCUT2D eigenvalue weighted by Gasteiger charge is -2.25. The molecule has 5 atom stereocenters. The molecule has 220 valence electrons. The van der Waals surface area contributed by atoms with Crippen LogP contribution in [-0.4, -0.2) is 49.6 Å². The van der Waals surface area contributed by atoms with E-state index in [-0.39, 0.29) is 31.3 Å². The van der Waals surface area contributed by atoms with Gasteiger partial charge in [0.05, 0.1) is 23.3 Å². The molecule has 2 heterocycles. The zero-order valence-corrected chi connectivity index (χ0v) is 24.3. The Kier molecular flexibility index (Phi) is 9.24. The minimum Gasteiger partial charge on any atom is -0.460 e. The molecule has 1 saturated heterocycles. The molecule has 1 unspecified atom stereocenters. The largest absolute Gasteiger partial charge is 0.460 e. The first-order chi connectivity index (χ1) is 20.2. The quantitative estimate of drug-likeness (QED) is 0.167. The van der Waals surface area contributed by atoms with E-state index in [1.165, 1.54) is 29.6 Å². The Bertz CT molecular complexity index is 1650. The molecule has 12 nitrogen and oxygen atoms in total. The summed E-state index contributed by atoms with van der Waals surface area (Å²) in [6.45, 7) is 1.33. The molecule has 14 heteroatoms. The number of ether oxygens (including phenoxy) is 1. The van der Waals surface area contributed by atoms with E-state index in [1.807, 2.05) is 60.7 Å². The number of aliphatic hydroxyl groups excluding tert-OH is 1. The van der Waals surface area contributed by atoms with Gasteiger partial charge >= 0.3 is 19.4 Å². The average Bonchev–Trinajstić information content (AvgIpc) is 3.35. The fraction of sp³-hybridized carbons (Fsp3) is 0.286. The fourth-order valence-corrected chi connectivity index (χ4v) is 7.46. The van der Waals surface area contributed by atoms with Gasteiger partial charge in [-0.05, 0) is 23.9 Å². The monoisotopic (exact) mass is 611 g/mol. The molecular weight excluding hydrogens is 581 g/mol. The minimum atomic E-state index is -4.22. The van der Waals surface area contributed by atoms with Gasteiger partial charge in [-0.25, -0.2) is 14.3 Å². The first-order valence-electron chi connectivity index (χ1n) is 13.2. The number of carbonyl (C=O) groups is 1. The molecule has 0 aliphatic carbocycles. The van der Waals surface area contributed by atoms with Crippen molar-refractivity contribution in [2.24, 2.45) is 0 Å².